The first-order chi connectivity index (χ1) is 26.3. The van der Waals surface area contributed by atoms with Crippen molar-refractivity contribution in [2.24, 2.45) is 0 Å². The van der Waals surface area contributed by atoms with E-state index in [0.717, 1.165) is 72.7 Å². The van der Waals surface area contributed by atoms with E-state index in [2.05, 4.69) is 80.1 Å². The van der Waals surface area contributed by atoms with Gasteiger partial charge in [0.1, 0.15) is 17.6 Å². The minimum absolute atomic E-state index is 0.205. The van der Waals surface area contributed by atoms with Gasteiger partial charge in [-0.25, -0.2) is 4.98 Å². The molecule has 3 atom stereocenters. The molecule has 5 fully saturated rings. The van der Waals surface area contributed by atoms with Crippen LogP contribution in [0, 0.1) is 0 Å². The lowest BCUT2D eigenvalue weighted by Crippen LogP contribution is -2.71. The molecule has 54 heavy (non-hydrogen) atoms. The van der Waals surface area contributed by atoms with Crippen LogP contribution >= 0.6 is 15.9 Å². The Bertz CT molecular complexity index is 2000. The molecule has 4 aromatic rings. The Morgan fingerprint density at radius 2 is 1.70 bits per heavy atom. The van der Waals surface area contributed by atoms with Crippen LogP contribution in [-0.4, -0.2) is 95.4 Å². The summed E-state index contributed by atoms with van der Waals surface area (Å²) >= 11 is 3.54. The summed E-state index contributed by atoms with van der Waals surface area (Å²) in [4.78, 5) is 53.0. The number of halogens is 1. The zero-order valence-corrected chi connectivity index (χ0v) is 31.7. The Hall–Kier alpha value is -5.21. The molecule has 9 rings (SSSR count). The SMILES string of the molecule is COc1cc(N2CC3CC(C2)N3C(=O)CN2CCC(c3ccc(NC4CCC(=O)NC4=O)cc3)CC2)ccc1Nc1ncc(Br)c(Nc2ccccc2)n1. The van der Waals surface area contributed by atoms with E-state index in [1.54, 1.807) is 13.3 Å². The van der Waals surface area contributed by atoms with Gasteiger partial charge in [-0.1, -0.05) is 30.3 Å². The number of hydrogen-bond donors (Lipinski definition) is 4. The number of rotatable bonds is 11. The maximum Gasteiger partial charge on any atom is 0.249 e. The monoisotopic (exact) mass is 793 g/mol. The van der Waals surface area contributed by atoms with Gasteiger partial charge in [-0.3, -0.25) is 24.6 Å². The van der Waals surface area contributed by atoms with Crippen LogP contribution in [0.25, 0.3) is 0 Å². The Balaban J connectivity index is 0.815. The molecular weight excluding hydrogens is 750 g/mol. The number of piperazine rings is 1. The molecule has 0 aliphatic carbocycles. The molecule has 4 N–H and O–H groups in total. The zero-order chi connectivity index (χ0) is 37.2. The second-order valence-electron chi connectivity index (χ2n) is 14.5. The minimum atomic E-state index is -0.390. The van der Waals surface area contributed by atoms with Gasteiger partial charge in [0.2, 0.25) is 23.7 Å². The number of anilines is 6. The van der Waals surface area contributed by atoms with E-state index < -0.39 is 6.04 Å². The fourth-order valence-corrected chi connectivity index (χ4v) is 8.37. The number of hydrogen-bond acceptors (Lipinski definition) is 11. The molecule has 3 aromatic carbocycles. The van der Waals surface area contributed by atoms with E-state index in [1.165, 1.54) is 5.56 Å². The molecule has 2 bridgehead atoms. The molecule has 5 aliphatic heterocycles. The minimum Gasteiger partial charge on any atom is -0.494 e. The maximum absolute atomic E-state index is 13.6. The largest absolute Gasteiger partial charge is 0.494 e. The Labute approximate surface area is 323 Å². The predicted molar refractivity (Wildman–Crippen MR) is 212 cm³/mol. The number of fused-ring (bicyclic) bond motifs is 2. The van der Waals surface area contributed by atoms with Gasteiger partial charge in [0.15, 0.2) is 0 Å². The second-order valence-corrected chi connectivity index (χ2v) is 15.3. The third kappa shape index (κ3) is 7.85. The Kier molecular flexibility index (Phi) is 10.4. The number of piperidine rings is 3. The molecule has 3 amide bonds. The predicted octanol–water partition coefficient (Wildman–Crippen LogP) is 5.62. The highest BCUT2D eigenvalue weighted by Crippen LogP contribution is 2.38. The quantitative estimate of drug-likeness (QED) is 0.141. The number of para-hydroxylation sites is 1. The summed E-state index contributed by atoms with van der Waals surface area (Å²) < 4.78 is 6.54. The molecule has 3 unspecified atom stereocenters. The van der Waals surface area contributed by atoms with Crippen molar-refractivity contribution in [3.05, 3.63) is 89.0 Å². The first kappa shape index (κ1) is 35.8. The van der Waals surface area contributed by atoms with Gasteiger partial charge in [0.25, 0.3) is 0 Å². The lowest BCUT2D eigenvalue weighted by Gasteiger charge is -2.57. The summed E-state index contributed by atoms with van der Waals surface area (Å²) in [5.41, 5.74) is 4.90. The first-order valence-electron chi connectivity index (χ1n) is 18.6. The molecule has 6 heterocycles. The lowest BCUT2D eigenvalue weighted by atomic mass is 9.86. The fourth-order valence-electron chi connectivity index (χ4n) is 8.08. The molecular formula is C40H44BrN9O4. The molecule has 5 aliphatic rings. The smallest absolute Gasteiger partial charge is 0.249 e. The molecule has 5 saturated heterocycles. The molecule has 0 radical (unpaired) electrons. The summed E-state index contributed by atoms with van der Waals surface area (Å²) in [5.74, 6) is 1.96. The topological polar surface area (TPSA) is 144 Å². The summed E-state index contributed by atoms with van der Waals surface area (Å²) in [6, 6.07) is 24.3. The van der Waals surface area contributed by atoms with E-state index >= 15 is 0 Å². The van der Waals surface area contributed by atoms with Crippen molar-refractivity contribution in [2.45, 2.75) is 56.1 Å². The molecule has 14 heteroatoms. The van der Waals surface area contributed by atoms with E-state index in [9.17, 15) is 14.4 Å². The standard InChI is InChI=1S/C40H44BrN9O4/c1-54-35-20-29(11-12-33(35)45-40-42-21-32(41)38(47-40)44-27-5-3-2-4-6-27)49-22-30-19-31(23-49)50(30)37(52)24-48-17-15-26(16-18-48)25-7-9-28(10-8-25)43-34-13-14-36(51)46-39(34)53/h2-12,20-21,26,30-31,34,43H,13-19,22-24H2,1H3,(H,46,51,53)(H2,42,44,45,47). The van der Waals surface area contributed by atoms with Crippen LogP contribution in [0.2, 0.25) is 0 Å². The number of imide groups is 1. The molecule has 0 saturated carbocycles. The normalized spacial score (nSPS) is 21.6. The van der Waals surface area contributed by atoms with Crippen molar-refractivity contribution >= 4 is 68.2 Å². The van der Waals surface area contributed by atoms with Crippen LogP contribution in [-0.2, 0) is 14.4 Å². The van der Waals surface area contributed by atoms with Crippen molar-refractivity contribution < 1.29 is 19.1 Å². The third-order valence-corrected chi connectivity index (χ3v) is 11.5. The highest BCUT2D eigenvalue weighted by molar-refractivity contribution is 9.10. The van der Waals surface area contributed by atoms with Crippen LogP contribution in [0.4, 0.5) is 34.5 Å². The average Bonchev–Trinajstić information content (AvgIpc) is 3.18. The van der Waals surface area contributed by atoms with Crippen molar-refractivity contribution in [3.63, 3.8) is 0 Å². The van der Waals surface area contributed by atoms with Crippen LogP contribution in [0.1, 0.15) is 43.6 Å². The number of aromatic nitrogens is 2. The van der Waals surface area contributed by atoms with Crippen molar-refractivity contribution in [1.82, 2.24) is 25.1 Å². The number of ether oxygens (including phenoxy) is 1. The summed E-state index contributed by atoms with van der Waals surface area (Å²) in [7, 11) is 1.66. The third-order valence-electron chi connectivity index (χ3n) is 11.0. The number of carbonyl (C=O) groups excluding carboxylic acids is 3. The molecule has 280 valence electrons. The summed E-state index contributed by atoms with van der Waals surface area (Å²) in [5, 5.41) is 12.3. The number of amides is 3. The van der Waals surface area contributed by atoms with Gasteiger partial charge in [0, 0.05) is 48.8 Å². The van der Waals surface area contributed by atoms with Crippen LogP contribution < -0.4 is 30.9 Å². The lowest BCUT2D eigenvalue weighted by molar-refractivity contribution is -0.147. The van der Waals surface area contributed by atoms with Gasteiger partial charge in [-0.15, -0.1) is 0 Å². The number of carbonyl (C=O) groups is 3. The first-order valence-corrected chi connectivity index (χ1v) is 19.4. The number of likely N-dealkylation sites (tertiary alicyclic amines) is 1. The second kappa shape index (κ2) is 15.6. The van der Waals surface area contributed by atoms with E-state index in [1.807, 2.05) is 54.6 Å². The van der Waals surface area contributed by atoms with Crippen LogP contribution in [0.3, 0.4) is 0 Å². The fraction of sp³-hybridized carbons (Fsp3) is 0.375. The molecule has 0 spiro atoms. The van der Waals surface area contributed by atoms with Crippen LogP contribution in [0.15, 0.2) is 83.5 Å². The zero-order valence-electron chi connectivity index (χ0n) is 30.1. The maximum atomic E-state index is 13.6. The van der Waals surface area contributed by atoms with Gasteiger partial charge in [-0.2, -0.15) is 4.98 Å². The van der Waals surface area contributed by atoms with Gasteiger partial charge >= 0.3 is 0 Å². The number of methoxy groups -OCH3 is 1. The van der Waals surface area contributed by atoms with Crippen molar-refractivity contribution in [2.75, 3.05) is 60.7 Å². The van der Waals surface area contributed by atoms with Crippen LogP contribution in [0.5, 0.6) is 5.75 Å². The van der Waals surface area contributed by atoms with Gasteiger partial charge in [-0.05, 0) is 103 Å². The highest BCUT2D eigenvalue weighted by atomic mass is 79.9. The summed E-state index contributed by atoms with van der Waals surface area (Å²) in [6.45, 7) is 3.82. The molecule has 13 nitrogen and oxygen atoms in total. The van der Waals surface area contributed by atoms with Crippen molar-refractivity contribution in [1.29, 1.82) is 0 Å². The van der Waals surface area contributed by atoms with Crippen molar-refractivity contribution in [3.8, 4) is 5.75 Å². The van der Waals surface area contributed by atoms with Gasteiger partial charge in [0.05, 0.1) is 35.9 Å². The number of nitrogens with one attached hydrogen (secondary N) is 4. The highest BCUT2D eigenvalue weighted by Gasteiger charge is 2.47. The van der Waals surface area contributed by atoms with E-state index in [4.69, 9.17) is 4.74 Å². The van der Waals surface area contributed by atoms with E-state index in [0.29, 0.717) is 42.8 Å². The number of nitrogens with zero attached hydrogens (tertiary/aromatic N) is 5. The Morgan fingerprint density at radius 3 is 2.43 bits per heavy atom. The average molecular weight is 795 g/mol. The molecule has 1 aromatic heterocycles. The Morgan fingerprint density at radius 1 is 0.944 bits per heavy atom. The van der Waals surface area contributed by atoms with Gasteiger partial charge < -0.3 is 30.5 Å². The van der Waals surface area contributed by atoms with E-state index in [-0.39, 0.29) is 29.8 Å². The number of benzene rings is 3. The summed E-state index contributed by atoms with van der Waals surface area (Å²) in [6.07, 6.45) is 5.60.